The van der Waals surface area contributed by atoms with Crippen LogP contribution in [0.25, 0.3) is 10.2 Å². The zero-order valence-corrected chi connectivity index (χ0v) is 17.6. The minimum absolute atomic E-state index is 0.0226. The normalized spacial score (nSPS) is 26.5. The molecule has 3 amide bonds. The Bertz CT molecular complexity index is 971. The third-order valence-electron chi connectivity index (χ3n) is 6.58. The van der Waals surface area contributed by atoms with Crippen LogP contribution >= 0.6 is 11.3 Å². The first-order valence-electron chi connectivity index (χ1n) is 10.8. The predicted molar refractivity (Wildman–Crippen MR) is 115 cm³/mol. The average Bonchev–Trinajstić information content (AvgIpc) is 3.32. The Labute approximate surface area is 179 Å². The summed E-state index contributed by atoms with van der Waals surface area (Å²) in [7, 11) is 0. The maximum absolute atomic E-state index is 12.9. The number of benzene rings is 1. The van der Waals surface area contributed by atoms with Crippen molar-refractivity contribution in [3.63, 3.8) is 0 Å². The molecule has 1 aromatic carbocycles. The first kappa shape index (κ1) is 19.4. The summed E-state index contributed by atoms with van der Waals surface area (Å²) < 4.78 is 1.18. The van der Waals surface area contributed by atoms with Crippen molar-refractivity contribution < 1.29 is 14.4 Å². The lowest BCUT2D eigenvalue weighted by Gasteiger charge is -2.32. The Morgan fingerprint density at radius 2 is 1.83 bits per heavy atom. The van der Waals surface area contributed by atoms with Gasteiger partial charge in [-0.1, -0.05) is 24.3 Å². The molecular weight excluding hydrogens is 398 g/mol. The van der Waals surface area contributed by atoms with Crippen molar-refractivity contribution in [1.82, 2.24) is 14.8 Å². The van der Waals surface area contributed by atoms with Crippen molar-refractivity contribution >= 4 is 39.3 Å². The summed E-state index contributed by atoms with van der Waals surface area (Å²) in [6.45, 7) is 1.60. The number of rotatable bonds is 4. The quantitative estimate of drug-likeness (QED) is 0.559. The van der Waals surface area contributed by atoms with Gasteiger partial charge in [0.1, 0.15) is 0 Å². The Morgan fingerprint density at radius 3 is 2.57 bits per heavy atom. The van der Waals surface area contributed by atoms with Crippen molar-refractivity contribution in [2.24, 2.45) is 11.8 Å². The van der Waals surface area contributed by atoms with Crippen molar-refractivity contribution in [2.75, 3.05) is 19.6 Å². The number of hydrogen-bond acceptors (Lipinski definition) is 5. The van der Waals surface area contributed by atoms with Gasteiger partial charge in [-0.25, -0.2) is 4.98 Å². The van der Waals surface area contributed by atoms with Crippen LogP contribution in [-0.2, 0) is 14.4 Å². The van der Waals surface area contributed by atoms with Crippen LogP contribution in [-0.4, -0.2) is 52.1 Å². The molecular formula is C23H25N3O3S. The fraction of sp³-hybridized carbons (Fsp3) is 0.478. The number of allylic oxidation sites excluding steroid dienone is 2. The molecule has 2 saturated heterocycles. The van der Waals surface area contributed by atoms with Crippen molar-refractivity contribution in [1.29, 1.82) is 0 Å². The molecule has 6 nitrogen and oxygen atoms in total. The maximum Gasteiger partial charge on any atom is 0.233 e. The molecule has 0 radical (unpaired) electrons. The second kappa shape index (κ2) is 7.95. The highest BCUT2D eigenvalue weighted by atomic mass is 32.1. The third-order valence-corrected chi connectivity index (χ3v) is 7.78. The Morgan fingerprint density at radius 1 is 1.10 bits per heavy atom. The topological polar surface area (TPSA) is 70.6 Å². The lowest BCUT2D eigenvalue weighted by Crippen LogP contribution is -2.41. The number of imide groups is 1. The second-order valence-electron chi connectivity index (χ2n) is 8.43. The molecule has 30 heavy (non-hydrogen) atoms. The number of para-hydroxylation sites is 1. The highest BCUT2D eigenvalue weighted by molar-refractivity contribution is 7.18. The summed E-state index contributed by atoms with van der Waals surface area (Å²) >= 11 is 1.71. The van der Waals surface area contributed by atoms with Crippen LogP contribution in [0.15, 0.2) is 36.4 Å². The summed E-state index contributed by atoms with van der Waals surface area (Å²) in [4.78, 5) is 46.1. The number of hydrogen-bond donors (Lipinski definition) is 0. The number of nitrogens with zero attached hydrogens (tertiary/aromatic N) is 3. The van der Waals surface area contributed by atoms with E-state index in [0.29, 0.717) is 19.4 Å². The Balaban J connectivity index is 1.21. The molecule has 1 aliphatic carbocycles. The number of aromatic nitrogens is 1. The highest BCUT2D eigenvalue weighted by Crippen LogP contribution is 2.36. The van der Waals surface area contributed by atoms with E-state index in [1.807, 2.05) is 35.3 Å². The molecule has 3 atom stereocenters. The van der Waals surface area contributed by atoms with Gasteiger partial charge >= 0.3 is 0 Å². The first-order valence-corrected chi connectivity index (χ1v) is 11.6. The molecule has 1 aromatic heterocycles. The third kappa shape index (κ3) is 3.45. The molecule has 0 spiro atoms. The molecule has 0 saturated carbocycles. The highest BCUT2D eigenvalue weighted by Gasteiger charge is 2.47. The molecule has 156 valence electrons. The zero-order chi connectivity index (χ0) is 20.7. The molecule has 2 aliphatic heterocycles. The van der Waals surface area contributed by atoms with E-state index in [1.165, 1.54) is 9.60 Å². The molecule has 2 fully saturated rings. The Kier molecular flexibility index (Phi) is 5.15. The second-order valence-corrected chi connectivity index (χ2v) is 9.49. The minimum Gasteiger partial charge on any atom is -0.342 e. The number of piperidine rings is 1. The van der Waals surface area contributed by atoms with Crippen molar-refractivity contribution in [2.45, 2.75) is 38.0 Å². The summed E-state index contributed by atoms with van der Waals surface area (Å²) in [5, 5.41) is 1.09. The van der Waals surface area contributed by atoms with E-state index >= 15 is 0 Å². The minimum atomic E-state index is -0.226. The summed E-state index contributed by atoms with van der Waals surface area (Å²) in [6, 6.07) is 8.13. The molecule has 0 unspecified atom stereocenters. The van der Waals surface area contributed by atoms with E-state index in [2.05, 4.69) is 6.07 Å². The molecule has 2 aromatic rings. The van der Waals surface area contributed by atoms with Crippen LogP contribution < -0.4 is 0 Å². The van der Waals surface area contributed by atoms with Crippen LogP contribution in [0.5, 0.6) is 0 Å². The van der Waals surface area contributed by atoms with Gasteiger partial charge in [0.25, 0.3) is 0 Å². The number of carbonyl (C=O) groups excluding carboxylic acids is 3. The number of likely N-dealkylation sites (tertiary alicyclic amines) is 2. The molecule has 0 N–H and O–H groups in total. The lowest BCUT2D eigenvalue weighted by atomic mass is 9.85. The monoisotopic (exact) mass is 423 g/mol. The predicted octanol–water partition coefficient (Wildman–Crippen LogP) is 3.34. The van der Waals surface area contributed by atoms with E-state index in [1.54, 1.807) is 11.3 Å². The van der Waals surface area contributed by atoms with Gasteiger partial charge < -0.3 is 4.90 Å². The first-order chi connectivity index (χ1) is 14.6. The molecule has 3 aliphatic rings. The van der Waals surface area contributed by atoms with Crippen LogP contribution in [0.1, 0.15) is 43.0 Å². The number of thiazole rings is 1. The lowest BCUT2D eigenvalue weighted by molar-refractivity contribution is -0.141. The molecule has 3 heterocycles. The van der Waals surface area contributed by atoms with Crippen LogP contribution in [0, 0.1) is 11.8 Å². The van der Waals surface area contributed by atoms with Crippen molar-refractivity contribution in [3.8, 4) is 0 Å². The summed E-state index contributed by atoms with van der Waals surface area (Å²) in [5.41, 5.74) is 1.02. The van der Waals surface area contributed by atoms with Gasteiger partial charge in [-0.15, -0.1) is 11.3 Å². The van der Waals surface area contributed by atoms with Gasteiger partial charge in [-0.3, -0.25) is 19.3 Å². The van der Waals surface area contributed by atoms with Crippen molar-refractivity contribution in [3.05, 3.63) is 41.4 Å². The molecule has 0 bridgehead atoms. The fourth-order valence-electron chi connectivity index (χ4n) is 4.92. The zero-order valence-electron chi connectivity index (χ0n) is 16.8. The van der Waals surface area contributed by atoms with Crippen LogP contribution in [0.3, 0.4) is 0 Å². The fourth-order valence-corrected chi connectivity index (χ4v) is 6.02. The van der Waals surface area contributed by atoms with Gasteiger partial charge in [0.15, 0.2) is 0 Å². The van der Waals surface area contributed by atoms with E-state index in [-0.39, 0.29) is 48.4 Å². The van der Waals surface area contributed by atoms with Gasteiger partial charge in [-0.2, -0.15) is 0 Å². The maximum atomic E-state index is 12.9. The largest absolute Gasteiger partial charge is 0.342 e. The molecule has 5 rings (SSSR count). The number of amides is 3. The smallest absolute Gasteiger partial charge is 0.233 e. The summed E-state index contributed by atoms with van der Waals surface area (Å²) in [5.74, 6) is -0.383. The van der Waals surface area contributed by atoms with E-state index < -0.39 is 0 Å². The molecule has 7 heteroatoms. The number of carbonyl (C=O) groups is 3. The van der Waals surface area contributed by atoms with E-state index in [9.17, 15) is 14.4 Å². The van der Waals surface area contributed by atoms with Crippen LogP contribution in [0.2, 0.25) is 0 Å². The van der Waals surface area contributed by atoms with E-state index in [4.69, 9.17) is 4.98 Å². The standard InChI is InChI=1S/C23H25N3O3S/c27-20(11-13-26-22(28)16-7-1-2-8-17(16)23(26)29)25-12-5-6-15(14-25)21-24-18-9-3-4-10-19(18)30-21/h1-4,9-10,15-17H,5-8,11-14H2/t15-,16+,17+/m1/s1. The number of fused-ring (bicyclic) bond motifs is 2. The van der Waals surface area contributed by atoms with E-state index in [0.717, 1.165) is 29.9 Å². The average molecular weight is 424 g/mol. The van der Waals surface area contributed by atoms with Gasteiger partial charge in [0, 0.05) is 32.0 Å². The SMILES string of the molecule is O=C(CCN1C(=O)[C@H]2CC=CC[C@@H]2C1=O)N1CCC[C@@H](c2nc3ccccc3s2)C1. The van der Waals surface area contributed by atoms with Gasteiger partial charge in [0.2, 0.25) is 17.7 Å². The summed E-state index contributed by atoms with van der Waals surface area (Å²) in [6.07, 6.45) is 7.42. The Hall–Kier alpha value is -2.54. The van der Waals surface area contributed by atoms with Crippen LogP contribution in [0.4, 0.5) is 0 Å². The van der Waals surface area contributed by atoms with Gasteiger partial charge in [-0.05, 0) is 37.8 Å². The van der Waals surface area contributed by atoms with Gasteiger partial charge in [0.05, 0.1) is 27.1 Å².